The van der Waals surface area contributed by atoms with Gasteiger partial charge >= 0.3 is 5.97 Å². The average Bonchev–Trinajstić information content (AvgIpc) is 3.61. The third kappa shape index (κ3) is 4.41. The fourth-order valence-electron chi connectivity index (χ4n) is 5.99. The van der Waals surface area contributed by atoms with Gasteiger partial charge in [-0.25, -0.2) is 0 Å². The van der Waals surface area contributed by atoms with Crippen molar-refractivity contribution in [3.05, 3.63) is 76.0 Å². The Morgan fingerprint density at radius 3 is 2.17 bits per heavy atom. The van der Waals surface area contributed by atoms with Crippen LogP contribution in [0, 0.1) is 17.0 Å². The highest BCUT2D eigenvalue weighted by atomic mass is 16.8. The Balaban J connectivity index is 1.47. The largest absolute Gasteiger partial charge is 0.733 e. The molecule has 6 rings (SSSR count). The van der Waals surface area contributed by atoms with Crippen LogP contribution in [-0.4, -0.2) is 51.8 Å². The molecular formula is C29H27N2O10-. The predicted octanol–water partition coefficient (Wildman–Crippen LogP) is 3.54. The van der Waals surface area contributed by atoms with Gasteiger partial charge in [0.2, 0.25) is 12.5 Å². The number of carbonyl (C=O) groups is 2. The smallest absolute Gasteiger partial charge is 0.310 e. The summed E-state index contributed by atoms with van der Waals surface area (Å²) in [7, 11) is 4.56. The van der Waals surface area contributed by atoms with Crippen LogP contribution < -0.4 is 34.2 Å². The van der Waals surface area contributed by atoms with Crippen LogP contribution in [0.15, 0.2) is 48.5 Å². The molecule has 1 amide bonds. The van der Waals surface area contributed by atoms with Crippen LogP contribution in [0.5, 0.6) is 28.7 Å². The van der Waals surface area contributed by atoms with Crippen LogP contribution in [0.25, 0.3) is 0 Å². The molecule has 2 aliphatic heterocycles. The Bertz CT molecular complexity index is 1480. The summed E-state index contributed by atoms with van der Waals surface area (Å²) in [6, 6.07) is 12.2. The Morgan fingerprint density at radius 2 is 1.59 bits per heavy atom. The predicted molar refractivity (Wildman–Crippen MR) is 143 cm³/mol. The van der Waals surface area contributed by atoms with Crippen LogP contribution in [0.4, 0.5) is 5.69 Å². The van der Waals surface area contributed by atoms with Gasteiger partial charge in [-0.3, -0.25) is 14.8 Å². The number of methoxy groups -OCH3 is 3. The molecule has 3 aromatic carbocycles. The van der Waals surface area contributed by atoms with E-state index in [1.807, 2.05) is 24.3 Å². The summed E-state index contributed by atoms with van der Waals surface area (Å²) in [5.74, 6) is -0.0355. The summed E-state index contributed by atoms with van der Waals surface area (Å²) >= 11 is 0. The maximum Gasteiger partial charge on any atom is 0.310 e. The topological polar surface area (TPSA) is 148 Å². The summed E-state index contributed by atoms with van der Waals surface area (Å²) in [6.45, 7) is 0.144. The van der Waals surface area contributed by atoms with Crippen molar-refractivity contribution in [2.75, 3.05) is 40.0 Å². The summed E-state index contributed by atoms with van der Waals surface area (Å²) in [6.07, 6.45) is 0. The van der Waals surface area contributed by atoms with E-state index >= 15 is 0 Å². The number of amides is 1. The van der Waals surface area contributed by atoms with Crippen molar-refractivity contribution in [1.29, 1.82) is 0 Å². The van der Waals surface area contributed by atoms with Gasteiger partial charge in [0.15, 0.2) is 23.0 Å². The number of rotatable bonds is 7. The average molecular weight is 564 g/mol. The van der Waals surface area contributed by atoms with E-state index in [9.17, 15) is 14.8 Å². The molecule has 0 spiro atoms. The number of benzene rings is 3. The summed E-state index contributed by atoms with van der Waals surface area (Å²) in [5, 5.41) is 23.1. The highest BCUT2D eigenvalue weighted by Gasteiger charge is 2.53. The van der Waals surface area contributed by atoms with Crippen LogP contribution >= 0.6 is 0 Å². The van der Waals surface area contributed by atoms with E-state index in [0.717, 1.165) is 16.7 Å². The lowest BCUT2D eigenvalue weighted by Crippen LogP contribution is -2.42. The Hall–Kier alpha value is -4.68. The Morgan fingerprint density at radius 1 is 0.951 bits per heavy atom. The van der Waals surface area contributed by atoms with Crippen molar-refractivity contribution in [3.8, 4) is 28.7 Å². The van der Waals surface area contributed by atoms with Gasteiger partial charge in [0.1, 0.15) is 0 Å². The Labute approximate surface area is 234 Å². The normalized spacial score (nSPS) is 21.8. The maximum absolute atomic E-state index is 13.4. The lowest BCUT2D eigenvalue weighted by Gasteiger charge is -2.39. The number of esters is 1. The minimum absolute atomic E-state index is 0.0136. The molecular weight excluding hydrogens is 536 g/mol. The highest BCUT2D eigenvalue weighted by molar-refractivity contribution is 5.95. The van der Waals surface area contributed by atoms with E-state index in [-0.39, 0.29) is 35.8 Å². The first-order valence-electron chi connectivity index (χ1n) is 12.8. The van der Waals surface area contributed by atoms with E-state index in [4.69, 9.17) is 33.6 Å². The van der Waals surface area contributed by atoms with Gasteiger partial charge in [0, 0.05) is 17.4 Å². The molecule has 41 heavy (non-hydrogen) atoms. The molecule has 12 nitrogen and oxygen atoms in total. The first kappa shape index (κ1) is 26.5. The molecule has 0 aromatic heterocycles. The molecule has 0 radical (unpaired) electrons. The summed E-state index contributed by atoms with van der Waals surface area (Å²) in [4.78, 5) is 26.7. The van der Waals surface area contributed by atoms with Crippen molar-refractivity contribution in [2.45, 2.75) is 12.0 Å². The van der Waals surface area contributed by atoms with E-state index in [0.29, 0.717) is 28.7 Å². The van der Waals surface area contributed by atoms with Gasteiger partial charge in [0.05, 0.1) is 45.6 Å². The third-order valence-electron chi connectivity index (χ3n) is 7.87. The summed E-state index contributed by atoms with van der Waals surface area (Å²) in [5.41, 5.74) is 2.50. The lowest BCUT2D eigenvalue weighted by molar-refractivity contribution is -0.141. The molecule has 0 saturated carbocycles. The number of nitrogens with zero attached hydrogens (tertiary/aromatic N) is 1. The van der Waals surface area contributed by atoms with Gasteiger partial charge in [-0.05, 0) is 65.2 Å². The van der Waals surface area contributed by atoms with Crippen LogP contribution in [0.2, 0.25) is 0 Å². The SMILES string of the molecule is COc1cc(C2c3cc4c(cc3C(NC(=O)c3ccc(N([O-])O)cc3)C3COC(=O)C23)OCO4)cc(OC)c1OC. The number of anilines is 1. The van der Waals surface area contributed by atoms with Crippen molar-refractivity contribution >= 4 is 17.6 Å². The van der Waals surface area contributed by atoms with Gasteiger partial charge in [-0.1, -0.05) is 0 Å². The second-order valence-electron chi connectivity index (χ2n) is 9.86. The molecule has 2 heterocycles. The maximum atomic E-state index is 13.4. The molecule has 12 heteroatoms. The lowest BCUT2D eigenvalue weighted by atomic mass is 9.65. The molecule has 1 fully saturated rings. The zero-order valence-electron chi connectivity index (χ0n) is 22.4. The van der Waals surface area contributed by atoms with Gasteiger partial charge in [-0.2, -0.15) is 0 Å². The number of fused-ring (bicyclic) bond motifs is 3. The van der Waals surface area contributed by atoms with Gasteiger partial charge in [-0.15, -0.1) is 0 Å². The fraction of sp³-hybridized carbons (Fsp3) is 0.310. The first-order chi connectivity index (χ1) is 19.8. The molecule has 3 aromatic rings. The van der Waals surface area contributed by atoms with Gasteiger partial charge < -0.3 is 44.2 Å². The molecule has 4 atom stereocenters. The summed E-state index contributed by atoms with van der Waals surface area (Å²) < 4.78 is 33.6. The Kier molecular flexibility index (Phi) is 6.72. The molecule has 3 aliphatic rings. The molecule has 1 aliphatic carbocycles. The van der Waals surface area contributed by atoms with Crippen molar-refractivity contribution in [2.24, 2.45) is 11.8 Å². The fourth-order valence-corrected chi connectivity index (χ4v) is 5.99. The van der Waals surface area contributed by atoms with Gasteiger partial charge in [0.25, 0.3) is 5.91 Å². The highest BCUT2D eigenvalue weighted by Crippen LogP contribution is 2.55. The van der Waals surface area contributed by atoms with Crippen molar-refractivity contribution < 1.29 is 43.2 Å². The minimum Gasteiger partial charge on any atom is -0.733 e. The first-order valence-corrected chi connectivity index (χ1v) is 12.8. The number of cyclic esters (lactones) is 1. The zero-order chi connectivity index (χ0) is 28.8. The second-order valence-corrected chi connectivity index (χ2v) is 9.86. The van der Waals surface area contributed by atoms with E-state index < -0.39 is 29.7 Å². The number of nitrogens with one attached hydrogen (secondary N) is 1. The van der Waals surface area contributed by atoms with E-state index in [1.165, 1.54) is 45.6 Å². The quantitative estimate of drug-likeness (QED) is 0.321. The molecule has 2 N–H and O–H groups in total. The molecule has 0 bridgehead atoms. The number of hydrogen-bond acceptors (Lipinski definition) is 11. The van der Waals surface area contributed by atoms with Crippen LogP contribution in [0.3, 0.4) is 0 Å². The third-order valence-corrected chi connectivity index (χ3v) is 7.87. The zero-order valence-corrected chi connectivity index (χ0v) is 22.4. The monoisotopic (exact) mass is 563 g/mol. The number of ether oxygens (including phenoxy) is 6. The molecule has 1 saturated heterocycles. The number of carbonyl (C=O) groups excluding carboxylic acids is 2. The van der Waals surface area contributed by atoms with Crippen molar-refractivity contribution in [3.63, 3.8) is 0 Å². The second kappa shape index (κ2) is 10.4. The van der Waals surface area contributed by atoms with Crippen LogP contribution in [0.1, 0.15) is 39.0 Å². The van der Waals surface area contributed by atoms with E-state index in [1.54, 1.807) is 0 Å². The molecule has 214 valence electrons. The minimum atomic E-state index is -0.651. The standard InChI is InChI=1S/C29H27N2O10/c1-36-22-8-15(9-23(37-2)27(22)38-3)24-17-10-20-21(41-13-40-20)11-18(17)26(19-12-39-29(33)25(19)24)30-28(32)14-4-6-16(7-5-14)31(34)35/h4-11,19,24-26,34H,12-13H2,1-3H3,(H,30,32)/q-1. The van der Waals surface area contributed by atoms with Crippen LogP contribution in [-0.2, 0) is 9.53 Å². The molecule has 4 unspecified atom stereocenters. The van der Waals surface area contributed by atoms with Crippen molar-refractivity contribution in [1.82, 2.24) is 5.32 Å². The van der Waals surface area contributed by atoms with E-state index in [2.05, 4.69) is 5.32 Å². The number of hydrogen-bond donors (Lipinski definition) is 2.